The van der Waals surface area contributed by atoms with Gasteiger partial charge in [0.05, 0.1) is 0 Å². The SMILES string of the molecule is [B]c1ccccc1C(=N)CBr. The Kier molecular flexibility index (Phi) is 2.88. The minimum Gasteiger partial charge on any atom is -0.304 e. The summed E-state index contributed by atoms with van der Waals surface area (Å²) in [5.74, 6) is 0. The van der Waals surface area contributed by atoms with Gasteiger partial charge in [-0.25, -0.2) is 0 Å². The quantitative estimate of drug-likeness (QED) is 0.429. The van der Waals surface area contributed by atoms with Gasteiger partial charge in [0.2, 0.25) is 0 Å². The zero-order valence-electron chi connectivity index (χ0n) is 5.97. The Balaban J connectivity index is 3.03. The first-order valence-corrected chi connectivity index (χ1v) is 4.36. The highest BCUT2D eigenvalue weighted by atomic mass is 79.9. The van der Waals surface area contributed by atoms with E-state index in [0.717, 1.165) is 5.56 Å². The molecule has 1 rings (SSSR count). The van der Waals surface area contributed by atoms with Crippen LogP contribution < -0.4 is 5.46 Å². The van der Waals surface area contributed by atoms with Crippen molar-refractivity contribution in [3.05, 3.63) is 29.8 Å². The van der Waals surface area contributed by atoms with Gasteiger partial charge in [0.1, 0.15) is 7.85 Å². The van der Waals surface area contributed by atoms with E-state index in [1.54, 1.807) is 6.07 Å². The van der Waals surface area contributed by atoms with Crippen molar-refractivity contribution in [3.63, 3.8) is 0 Å². The third-order valence-corrected chi connectivity index (χ3v) is 1.98. The zero-order valence-corrected chi connectivity index (χ0v) is 7.56. The molecule has 0 bridgehead atoms. The molecule has 1 aromatic carbocycles. The van der Waals surface area contributed by atoms with Crippen LogP contribution in [-0.4, -0.2) is 18.9 Å². The molecule has 0 aromatic heterocycles. The van der Waals surface area contributed by atoms with Crippen LogP contribution in [0.2, 0.25) is 0 Å². The van der Waals surface area contributed by atoms with Crippen LogP contribution in [0.3, 0.4) is 0 Å². The van der Waals surface area contributed by atoms with Gasteiger partial charge < -0.3 is 5.41 Å². The lowest BCUT2D eigenvalue weighted by Crippen LogP contribution is -2.15. The fourth-order valence-corrected chi connectivity index (χ4v) is 1.15. The first-order valence-electron chi connectivity index (χ1n) is 3.24. The van der Waals surface area contributed by atoms with Crippen molar-refractivity contribution in [2.75, 3.05) is 5.33 Å². The number of hydrogen-bond donors (Lipinski definition) is 1. The lowest BCUT2D eigenvalue weighted by molar-refractivity contribution is 1.48. The molecule has 1 N–H and O–H groups in total. The Morgan fingerprint density at radius 2 is 2.09 bits per heavy atom. The van der Waals surface area contributed by atoms with E-state index in [1.807, 2.05) is 18.2 Å². The van der Waals surface area contributed by atoms with Crippen LogP contribution in [-0.2, 0) is 0 Å². The molecule has 0 unspecified atom stereocenters. The van der Waals surface area contributed by atoms with Crippen molar-refractivity contribution in [2.24, 2.45) is 0 Å². The second-order valence-corrected chi connectivity index (χ2v) is 2.76. The fourth-order valence-electron chi connectivity index (χ4n) is 0.844. The van der Waals surface area contributed by atoms with Gasteiger partial charge in [-0.3, -0.25) is 0 Å². The normalized spacial score (nSPS) is 9.55. The largest absolute Gasteiger partial charge is 0.304 e. The van der Waals surface area contributed by atoms with Crippen LogP contribution in [0, 0.1) is 5.41 Å². The van der Waals surface area contributed by atoms with E-state index in [4.69, 9.17) is 13.3 Å². The first kappa shape index (κ1) is 8.53. The number of benzene rings is 1. The van der Waals surface area contributed by atoms with Gasteiger partial charge in [0.25, 0.3) is 0 Å². The highest BCUT2D eigenvalue weighted by Gasteiger charge is 2.00. The monoisotopic (exact) mass is 207 g/mol. The molecule has 0 aliphatic rings. The molecule has 11 heavy (non-hydrogen) atoms. The molecule has 0 aliphatic carbocycles. The number of halogens is 1. The van der Waals surface area contributed by atoms with Gasteiger partial charge in [-0.1, -0.05) is 45.7 Å². The van der Waals surface area contributed by atoms with Crippen molar-refractivity contribution in [3.8, 4) is 0 Å². The van der Waals surface area contributed by atoms with Gasteiger partial charge in [0, 0.05) is 11.0 Å². The van der Waals surface area contributed by atoms with Crippen molar-refractivity contribution in [1.82, 2.24) is 0 Å². The molecule has 0 spiro atoms. The molecule has 0 heterocycles. The van der Waals surface area contributed by atoms with Crippen LogP contribution in [0.25, 0.3) is 0 Å². The van der Waals surface area contributed by atoms with Crippen molar-refractivity contribution in [2.45, 2.75) is 0 Å². The zero-order chi connectivity index (χ0) is 8.27. The molecular formula is C8H7BBrN. The second-order valence-electron chi connectivity index (χ2n) is 2.20. The Bertz CT molecular complexity index is 273. The van der Waals surface area contributed by atoms with E-state index in [-0.39, 0.29) is 0 Å². The highest BCUT2D eigenvalue weighted by molar-refractivity contribution is 9.09. The Morgan fingerprint density at radius 3 is 2.64 bits per heavy atom. The molecule has 2 radical (unpaired) electrons. The van der Waals surface area contributed by atoms with Crippen molar-refractivity contribution >= 4 is 35.0 Å². The summed E-state index contributed by atoms with van der Waals surface area (Å²) >= 11 is 3.21. The van der Waals surface area contributed by atoms with Gasteiger partial charge in [-0.15, -0.1) is 0 Å². The maximum Gasteiger partial charge on any atom is 0.114 e. The van der Waals surface area contributed by atoms with E-state index in [2.05, 4.69) is 15.9 Å². The third-order valence-electron chi connectivity index (χ3n) is 1.42. The number of rotatable bonds is 2. The van der Waals surface area contributed by atoms with Crippen molar-refractivity contribution in [1.29, 1.82) is 5.41 Å². The maximum atomic E-state index is 7.49. The molecule has 1 nitrogen and oxygen atoms in total. The summed E-state index contributed by atoms with van der Waals surface area (Å²) in [6.45, 7) is 0. The smallest absolute Gasteiger partial charge is 0.114 e. The Morgan fingerprint density at radius 1 is 1.45 bits per heavy atom. The van der Waals surface area contributed by atoms with E-state index in [1.165, 1.54) is 0 Å². The summed E-state index contributed by atoms with van der Waals surface area (Å²) in [6, 6.07) is 7.38. The minimum atomic E-state index is 0.517. The molecule has 0 saturated carbocycles. The van der Waals surface area contributed by atoms with Crippen LogP contribution in [0.1, 0.15) is 5.56 Å². The predicted octanol–water partition coefficient (Wildman–Crippen LogP) is 1.24. The fraction of sp³-hybridized carbons (Fsp3) is 0.125. The van der Waals surface area contributed by atoms with Gasteiger partial charge in [-0.2, -0.15) is 0 Å². The van der Waals surface area contributed by atoms with Crippen LogP contribution in [0.4, 0.5) is 0 Å². The molecule has 0 atom stereocenters. The van der Waals surface area contributed by atoms with E-state index >= 15 is 0 Å². The van der Waals surface area contributed by atoms with E-state index in [0.29, 0.717) is 16.5 Å². The topological polar surface area (TPSA) is 23.9 Å². The average molecular weight is 208 g/mol. The highest BCUT2D eigenvalue weighted by Crippen LogP contribution is 1.98. The summed E-state index contributed by atoms with van der Waals surface area (Å²) in [6.07, 6.45) is 0. The molecule has 54 valence electrons. The van der Waals surface area contributed by atoms with Crippen molar-refractivity contribution < 1.29 is 0 Å². The van der Waals surface area contributed by atoms with E-state index < -0.39 is 0 Å². The Labute approximate surface area is 75.9 Å². The number of alkyl halides is 1. The predicted molar refractivity (Wildman–Crippen MR) is 52.5 cm³/mol. The van der Waals surface area contributed by atoms with Crippen LogP contribution >= 0.6 is 15.9 Å². The third kappa shape index (κ3) is 1.93. The minimum absolute atomic E-state index is 0.517. The summed E-state index contributed by atoms with van der Waals surface area (Å²) in [7, 11) is 5.64. The van der Waals surface area contributed by atoms with Gasteiger partial charge in [0.15, 0.2) is 0 Å². The Hall–Kier alpha value is -0.565. The van der Waals surface area contributed by atoms with E-state index in [9.17, 15) is 0 Å². The lowest BCUT2D eigenvalue weighted by atomic mass is 9.89. The van der Waals surface area contributed by atoms with Gasteiger partial charge in [-0.05, 0) is 5.56 Å². The first-order chi connectivity index (χ1) is 5.25. The van der Waals surface area contributed by atoms with Crippen LogP contribution in [0.5, 0.6) is 0 Å². The molecule has 3 heteroatoms. The average Bonchev–Trinajstić information content (AvgIpc) is 2.04. The summed E-state index contributed by atoms with van der Waals surface area (Å²) in [5.41, 5.74) is 1.99. The standard InChI is InChI=1S/C8H7BBrN/c9-7-4-2-1-3-6(7)8(11)5-10/h1-4,11H,5H2. The molecule has 0 aliphatic heterocycles. The molecule has 0 amide bonds. The lowest BCUT2D eigenvalue weighted by Gasteiger charge is -2.03. The summed E-state index contributed by atoms with van der Waals surface area (Å²) < 4.78 is 0. The maximum absolute atomic E-state index is 7.49. The molecule has 0 fully saturated rings. The van der Waals surface area contributed by atoms with Gasteiger partial charge >= 0.3 is 0 Å². The number of hydrogen-bond acceptors (Lipinski definition) is 1. The molecular weight excluding hydrogens is 201 g/mol. The second kappa shape index (κ2) is 3.72. The molecule has 1 aromatic rings. The summed E-state index contributed by atoms with van der Waals surface area (Å²) in [4.78, 5) is 0. The molecule has 0 saturated heterocycles. The van der Waals surface area contributed by atoms with Crippen LogP contribution in [0.15, 0.2) is 24.3 Å². The summed E-state index contributed by atoms with van der Waals surface area (Å²) in [5, 5.41) is 8.04. The number of nitrogens with one attached hydrogen (secondary N) is 1.